The van der Waals surface area contributed by atoms with E-state index in [2.05, 4.69) is 21.9 Å². The van der Waals surface area contributed by atoms with E-state index >= 15 is 0 Å². The molecule has 6 heterocycles. The van der Waals surface area contributed by atoms with Crippen LogP contribution < -0.4 is 26.2 Å². The van der Waals surface area contributed by atoms with Crippen molar-refractivity contribution in [3.8, 4) is 67.3 Å². The summed E-state index contributed by atoms with van der Waals surface area (Å²) in [5.74, 6) is 0. The molecule has 0 aliphatic carbocycles. The van der Waals surface area contributed by atoms with Gasteiger partial charge >= 0.3 is 0 Å². The summed E-state index contributed by atoms with van der Waals surface area (Å²) in [5.41, 5.74) is 8.47. The first-order valence-corrected chi connectivity index (χ1v) is 36.7. The number of para-hydroxylation sites is 12. The predicted octanol–water partition coefficient (Wildman–Crippen LogP) is 26.1. The summed E-state index contributed by atoms with van der Waals surface area (Å²) in [7, 11) is 0. The highest BCUT2D eigenvalue weighted by atomic mass is 15.2. The Hall–Kier alpha value is -14.4. The molecule has 2 aliphatic heterocycles. The fourth-order valence-electron chi connectivity index (χ4n) is 17.2. The number of aromatic nitrogens is 4. The van der Waals surface area contributed by atoms with Crippen molar-refractivity contribution in [3.05, 3.63) is 393 Å². The van der Waals surface area contributed by atoms with Crippen molar-refractivity contribution in [1.29, 1.82) is 0 Å². The van der Waals surface area contributed by atoms with Gasteiger partial charge in [0.2, 0.25) is 0 Å². The molecule has 6 nitrogen and oxygen atoms in total. The lowest BCUT2D eigenvalue weighted by Crippen LogP contribution is -2.61. The monoisotopic (exact) mass is 1470 g/mol. The molecule has 0 fully saturated rings. The normalized spacial score (nSPS) is 16.6. The van der Waals surface area contributed by atoms with Crippen LogP contribution in [0.3, 0.4) is 0 Å². The lowest BCUT2D eigenvalue weighted by Gasteiger charge is -2.46. The fraction of sp³-hybridized carbons (Fsp3) is 0.0377. The van der Waals surface area contributed by atoms with Gasteiger partial charge in [0.1, 0.15) is 0 Å². The van der Waals surface area contributed by atoms with Gasteiger partial charge in [-0.2, -0.15) is 0 Å². The predicted molar refractivity (Wildman–Crippen MR) is 478 cm³/mol. The lowest BCUT2D eigenvalue weighted by atomic mass is 9.33. The Labute approximate surface area is 700 Å². The SMILES string of the molecule is [2H]c1c([2H])c([2H])c2c(c1[2H])c1c([2H])c([2H])c([2H])c([2H])c1n2-c1ccc2c(c1)N(c1ccccc1-c1cccc(-c3ccccc3-n3c4c([2H])c([2H])c([2H])c([2H])c4c4c([2H])c([2H])c([2H])c([2H])c43)c1)c1cc(C(C)(C)C)cc3c1B2c1ccc(-n2c4c([2H])c([2H])c([2H])c([2H])c4c4c([2H])c([2H])c([2H])c([2H])c42)cc1N3c1ccccc1-c1cccc(-c2ccccc2-n2c3c([2H])c([2H])c([2H])c([2H])c3c3c([2H])c([2H])c([2H])c([2H])c32)c1. The standard InChI is InChI=1S/C106H73BN6/c1-106(2,3)72-64-103-105-104(65-72)113(92-49-19-7-37-78(92)71-33-29-31-69(63-71)76-35-5-17-47-90(76)111-99-56-26-14-44-85(99)86-45-15-27-57-100(86)111)102-67-74(109-95-52-22-10-40-81(95)82-41-11-23-53-96(82)109)59-61-88(102)107(105)87-60-58-73(108-93-50-20-8-38-79(93)80-39-9-21-51-94(80)108)66-101(87)112(103)91-48-18-6-36-77(91)70-32-28-30-68(62-70)75-34-4-16-46-89(75)110-97-54-24-12-42-83(97)84-43-13-25-55-98(84)110/h4-67H,1-3H3/i8D,9D,10D,11D,12D,13D,14D,15D,20D,21D,22D,23D,24D,25D,26D,27D,38D,39D,40D,41D,42D,43D,44D,45D,50D,51D,52D,53D,54D,55D,56D,57D. The molecule has 21 aromatic rings. The zero-order valence-corrected chi connectivity index (χ0v) is 60.2. The molecule has 23 rings (SSSR count). The van der Waals surface area contributed by atoms with E-state index in [0.29, 0.717) is 101 Å². The molecule has 0 unspecified atom stereocenters. The van der Waals surface area contributed by atoms with Crippen LogP contribution in [0.4, 0.5) is 34.1 Å². The quantitative estimate of drug-likeness (QED) is 0.128. The van der Waals surface area contributed by atoms with E-state index in [9.17, 15) is 27.4 Å². The topological polar surface area (TPSA) is 26.2 Å². The second kappa shape index (κ2) is 25.1. The van der Waals surface area contributed by atoms with Gasteiger partial charge in [-0.3, -0.25) is 0 Å². The van der Waals surface area contributed by atoms with Gasteiger partial charge in [0.25, 0.3) is 6.71 Å². The average molecular weight is 1470 g/mol. The van der Waals surface area contributed by atoms with Crippen molar-refractivity contribution >= 4 is 144 Å². The van der Waals surface area contributed by atoms with E-state index in [4.69, 9.17) is 16.4 Å². The van der Waals surface area contributed by atoms with Crippen LogP contribution >= 0.6 is 0 Å². The molecule has 0 saturated carbocycles. The van der Waals surface area contributed by atoms with E-state index in [1.54, 1.807) is 72.8 Å². The Kier molecular flexibility index (Phi) is 8.95. The van der Waals surface area contributed by atoms with Crippen LogP contribution in [0.1, 0.15) is 70.2 Å². The maximum absolute atomic E-state index is 9.87. The Morgan fingerprint density at radius 3 is 0.805 bits per heavy atom. The minimum absolute atomic E-state index is 0.101. The maximum atomic E-state index is 9.87. The molecular formula is C106H73BN6. The third-order valence-electron chi connectivity index (χ3n) is 22.1. The number of anilines is 6. The summed E-state index contributed by atoms with van der Waals surface area (Å²) in [5, 5.41) is -1.23. The van der Waals surface area contributed by atoms with Crippen LogP contribution in [0.25, 0.3) is 154 Å². The van der Waals surface area contributed by atoms with Crippen molar-refractivity contribution in [3.63, 3.8) is 0 Å². The number of rotatable bonds is 10. The summed E-state index contributed by atoms with van der Waals surface area (Å²) >= 11 is 0. The Balaban J connectivity index is 0.821. The summed E-state index contributed by atoms with van der Waals surface area (Å²) < 4.78 is 304. The van der Waals surface area contributed by atoms with Gasteiger partial charge in [-0.05, 0) is 171 Å². The highest BCUT2D eigenvalue weighted by Crippen LogP contribution is 2.52. The van der Waals surface area contributed by atoms with E-state index in [-0.39, 0.29) is 110 Å². The number of hydrogen-bond donors (Lipinski definition) is 0. The van der Waals surface area contributed by atoms with Gasteiger partial charge in [0, 0.05) is 99.5 Å². The smallest absolute Gasteiger partial charge is 0.252 e. The van der Waals surface area contributed by atoms with Crippen LogP contribution in [0.15, 0.2) is 387 Å². The molecule has 0 spiro atoms. The second-order valence-corrected chi connectivity index (χ2v) is 29.1. The largest absolute Gasteiger partial charge is 0.311 e. The van der Waals surface area contributed by atoms with Gasteiger partial charge in [-0.15, -0.1) is 0 Å². The van der Waals surface area contributed by atoms with Gasteiger partial charge in [0.15, 0.2) is 0 Å². The van der Waals surface area contributed by atoms with Gasteiger partial charge in [-0.1, -0.05) is 287 Å². The summed E-state index contributed by atoms with van der Waals surface area (Å²) in [4.78, 5) is 4.15. The van der Waals surface area contributed by atoms with Gasteiger partial charge in [-0.25, -0.2) is 0 Å². The van der Waals surface area contributed by atoms with Crippen molar-refractivity contribution in [2.24, 2.45) is 0 Å². The molecule has 113 heavy (non-hydrogen) atoms. The minimum atomic E-state index is -0.951. The highest BCUT2D eigenvalue weighted by Gasteiger charge is 2.45. The van der Waals surface area contributed by atoms with Crippen molar-refractivity contribution in [2.45, 2.75) is 26.2 Å². The van der Waals surface area contributed by atoms with Crippen LogP contribution in [0.5, 0.6) is 0 Å². The van der Waals surface area contributed by atoms with Gasteiger partial charge < -0.3 is 28.1 Å². The van der Waals surface area contributed by atoms with Crippen LogP contribution in [-0.2, 0) is 5.41 Å². The molecule has 4 aromatic heterocycles. The first-order valence-electron chi connectivity index (χ1n) is 52.7. The van der Waals surface area contributed by atoms with E-state index in [1.807, 2.05) is 130 Å². The van der Waals surface area contributed by atoms with Crippen molar-refractivity contribution in [1.82, 2.24) is 18.3 Å². The minimum Gasteiger partial charge on any atom is -0.311 e. The summed E-state index contributed by atoms with van der Waals surface area (Å²) in [6.45, 7) is 5.17. The van der Waals surface area contributed by atoms with E-state index in [0.717, 1.165) is 0 Å². The molecule has 2 aliphatic rings. The molecule has 0 saturated heterocycles. The maximum Gasteiger partial charge on any atom is 0.252 e. The zero-order valence-electron chi connectivity index (χ0n) is 92.2. The number of benzene rings is 17. The lowest BCUT2D eigenvalue weighted by molar-refractivity contribution is 0.590. The number of hydrogen-bond acceptors (Lipinski definition) is 2. The van der Waals surface area contributed by atoms with E-state index in [1.165, 1.54) is 18.3 Å². The number of nitrogens with zero attached hydrogens (tertiary/aromatic N) is 6. The zero-order chi connectivity index (χ0) is 103. The third-order valence-corrected chi connectivity index (χ3v) is 22.1. The first-order chi connectivity index (χ1) is 69.0. The molecule has 0 bridgehead atoms. The molecule has 7 heteroatoms. The molecule has 0 radical (unpaired) electrons. The average Bonchev–Trinajstić information content (AvgIpc) is 1.61. The summed E-state index contributed by atoms with van der Waals surface area (Å²) in [6, 6.07) is 40.2. The van der Waals surface area contributed by atoms with E-state index < -0.39 is 205 Å². The summed E-state index contributed by atoms with van der Waals surface area (Å²) in [6.07, 6.45) is 0. The van der Waals surface area contributed by atoms with Crippen molar-refractivity contribution < 1.29 is 43.9 Å². The van der Waals surface area contributed by atoms with Crippen molar-refractivity contribution in [2.75, 3.05) is 9.80 Å². The molecule has 17 aromatic carbocycles. The number of fused-ring (bicyclic) bond motifs is 16. The molecular weight excluding hydrogens is 1370 g/mol. The highest BCUT2D eigenvalue weighted by molar-refractivity contribution is 7.00. The molecule has 0 atom stereocenters. The van der Waals surface area contributed by atoms with Crippen LogP contribution in [0.2, 0.25) is 0 Å². The van der Waals surface area contributed by atoms with Gasteiger partial charge in [0.05, 0.1) is 111 Å². The Morgan fingerprint density at radius 1 is 0.239 bits per heavy atom. The Morgan fingerprint density at radius 2 is 0.504 bits per heavy atom. The third kappa shape index (κ3) is 9.81. The molecule has 0 amide bonds. The second-order valence-electron chi connectivity index (χ2n) is 29.1. The van der Waals surface area contributed by atoms with Crippen LogP contribution in [0, 0.1) is 0 Å². The molecule has 530 valence electrons. The molecule has 0 N–H and O–H groups in total. The Bertz CT molecular complexity index is 8750. The van der Waals surface area contributed by atoms with Crippen LogP contribution in [-0.4, -0.2) is 25.0 Å². The first kappa shape index (κ1) is 40.3. The fourth-order valence-corrected chi connectivity index (χ4v) is 17.2.